The Morgan fingerprint density at radius 1 is 1.03 bits per heavy atom. The molecular formula is C31H35N5O3. The van der Waals surface area contributed by atoms with Crippen LogP contribution in [-0.4, -0.2) is 52.5 Å². The zero-order chi connectivity index (χ0) is 27.4. The Kier molecular flexibility index (Phi) is 7.81. The Balaban J connectivity index is 1.45. The van der Waals surface area contributed by atoms with Gasteiger partial charge in [0.1, 0.15) is 23.2 Å². The fraction of sp³-hybridized carbons (Fsp3) is 0.323. The molecule has 4 aromatic rings. The molecule has 3 N–H and O–H groups in total. The lowest BCUT2D eigenvalue weighted by Gasteiger charge is -2.24. The van der Waals surface area contributed by atoms with Gasteiger partial charge < -0.3 is 20.6 Å². The summed E-state index contributed by atoms with van der Waals surface area (Å²) in [5, 5.41) is 16.2. The average molecular weight is 526 g/mol. The van der Waals surface area contributed by atoms with Gasteiger partial charge >= 0.3 is 5.97 Å². The smallest absolute Gasteiger partial charge is 0.326 e. The first kappa shape index (κ1) is 26.3. The summed E-state index contributed by atoms with van der Waals surface area (Å²) in [6.45, 7) is 0. The van der Waals surface area contributed by atoms with Crippen LogP contribution in [0.3, 0.4) is 0 Å². The fourth-order valence-corrected chi connectivity index (χ4v) is 5.17. The zero-order valence-corrected chi connectivity index (χ0v) is 22.4. The summed E-state index contributed by atoms with van der Waals surface area (Å²) in [7, 11) is 4.02. The van der Waals surface area contributed by atoms with Gasteiger partial charge in [0.15, 0.2) is 0 Å². The van der Waals surface area contributed by atoms with E-state index in [9.17, 15) is 14.7 Å². The van der Waals surface area contributed by atoms with Gasteiger partial charge in [-0.15, -0.1) is 0 Å². The third kappa shape index (κ3) is 6.06. The van der Waals surface area contributed by atoms with E-state index in [1.54, 1.807) is 12.1 Å². The number of aromatic nitrogens is 2. The first-order valence-electron chi connectivity index (χ1n) is 13.5. The van der Waals surface area contributed by atoms with Crippen LogP contribution in [0.2, 0.25) is 0 Å². The molecular weight excluding hydrogens is 490 g/mol. The van der Waals surface area contributed by atoms with Crippen molar-refractivity contribution in [2.24, 2.45) is 0 Å². The summed E-state index contributed by atoms with van der Waals surface area (Å²) in [5.74, 6) is -0.604. The second-order valence-electron chi connectivity index (χ2n) is 10.4. The Bertz CT molecular complexity index is 1440. The number of hydrogen-bond donors (Lipinski definition) is 3. The Morgan fingerprint density at radius 3 is 2.41 bits per heavy atom. The largest absolute Gasteiger partial charge is 0.480 e. The molecule has 1 saturated carbocycles. The summed E-state index contributed by atoms with van der Waals surface area (Å²) in [6, 6.07) is 20.3. The van der Waals surface area contributed by atoms with Gasteiger partial charge in [-0.25, -0.2) is 9.78 Å². The second-order valence-corrected chi connectivity index (χ2v) is 10.4. The van der Waals surface area contributed by atoms with Crippen molar-refractivity contribution in [1.82, 2.24) is 14.7 Å². The zero-order valence-electron chi connectivity index (χ0n) is 22.4. The number of nitrogens with one attached hydrogen (secondary N) is 2. The molecule has 0 saturated heterocycles. The van der Waals surface area contributed by atoms with Crippen LogP contribution in [-0.2, 0) is 11.2 Å². The summed E-state index contributed by atoms with van der Waals surface area (Å²) in [5.41, 5.74) is 4.76. The van der Waals surface area contributed by atoms with Crippen LogP contribution in [0.1, 0.15) is 48.0 Å². The molecule has 2 aromatic carbocycles. The van der Waals surface area contributed by atoms with Crippen molar-refractivity contribution in [2.75, 3.05) is 24.3 Å². The molecule has 1 atom stereocenters. The van der Waals surface area contributed by atoms with Crippen LogP contribution >= 0.6 is 0 Å². The highest BCUT2D eigenvalue weighted by Gasteiger charge is 2.23. The predicted octanol–water partition coefficient (Wildman–Crippen LogP) is 5.24. The number of carbonyl (C=O) groups is 2. The van der Waals surface area contributed by atoms with Crippen LogP contribution in [0.15, 0.2) is 72.9 Å². The molecule has 1 fully saturated rings. The SMILES string of the molecule is CN(C)c1ccc(-c2nc3cc(C(=O)NC(Cc4ccccc4)C(=O)O)ccn3c2NC2CCCCC2)cc1. The number of imidazole rings is 1. The van der Waals surface area contributed by atoms with Gasteiger partial charge in [-0.3, -0.25) is 9.20 Å². The van der Waals surface area contributed by atoms with E-state index in [1.165, 1.54) is 19.3 Å². The van der Waals surface area contributed by atoms with Gasteiger partial charge in [-0.2, -0.15) is 0 Å². The minimum Gasteiger partial charge on any atom is -0.480 e. The number of aliphatic carboxylic acids is 1. The average Bonchev–Trinajstić information content (AvgIpc) is 3.31. The molecule has 0 spiro atoms. The van der Waals surface area contributed by atoms with Gasteiger partial charge in [0.2, 0.25) is 0 Å². The molecule has 1 aliphatic rings. The number of amides is 1. The summed E-state index contributed by atoms with van der Waals surface area (Å²) in [6.07, 6.45) is 7.96. The maximum absolute atomic E-state index is 13.1. The maximum atomic E-state index is 13.1. The third-order valence-electron chi connectivity index (χ3n) is 7.38. The van der Waals surface area contributed by atoms with Gasteiger partial charge in [0.25, 0.3) is 5.91 Å². The second kappa shape index (κ2) is 11.6. The highest BCUT2D eigenvalue weighted by Crippen LogP contribution is 2.32. The van der Waals surface area contributed by atoms with Gasteiger partial charge in [0.05, 0.1) is 0 Å². The number of carbonyl (C=O) groups excluding carboxylic acids is 1. The number of benzene rings is 2. The molecule has 5 rings (SSSR count). The minimum absolute atomic E-state index is 0.204. The number of pyridine rings is 1. The van der Waals surface area contributed by atoms with Crippen molar-refractivity contribution in [1.29, 1.82) is 0 Å². The lowest BCUT2D eigenvalue weighted by atomic mass is 9.95. The molecule has 8 nitrogen and oxygen atoms in total. The summed E-state index contributed by atoms with van der Waals surface area (Å²) >= 11 is 0. The predicted molar refractivity (Wildman–Crippen MR) is 154 cm³/mol. The molecule has 0 radical (unpaired) electrons. The summed E-state index contributed by atoms with van der Waals surface area (Å²) in [4.78, 5) is 32.0. The van der Waals surface area contributed by atoms with Crippen LogP contribution in [0, 0.1) is 0 Å². The molecule has 1 amide bonds. The number of nitrogens with zero attached hydrogens (tertiary/aromatic N) is 3. The van der Waals surface area contributed by atoms with E-state index in [0.717, 1.165) is 41.2 Å². The van der Waals surface area contributed by atoms with E-state index in [2.05, 4.69) is 39.8 Å². The Hall–Kier alpha value is -4.33. The minimum atomic E-state index is -1.07. The lowest BCUT2D eigenvalue weighted by molar-refractivity contribution is -0.139. The molecule has 2 heterocycles. The molecule has 2 aromatic heterocycles. The van der Waals surface area contributed by atoms with E-state index >= 15 is 0 Å². The van der Waals surface area contributed by atoms with Crippen LogP contribution < -0.4 is 15.5 Å². The summed E-state index contributed by atoms with van der Waals surface area (Å²) < 4.78 is 1.99. The van der Waals surface area contributed by atoms with Crippen molar-refractivity contribution < 1.29 is 14.7 Å². The number of carboxylic acids is 1. The molecule has 1 unspecified atom stereocenters. The van der Waals surface area contributed by atoms with Gasteiger partial charge in [0, 0.05) is 49.6 Å². The van der Waals surface area contributed by atoms with Crippen LogP contribution in [0.4, 0.5) is 11.5 Å². The number of rotatable bonds is 9. The fourth-order valence-electron chi connectivity index (χ4n) is 5.17. The molecule has 1 aliphatic carbocycles. The number of anilines is 2. The van der Waals surface area contributed by atoms with Gasteiger partial charge in [-0.05, 0) is 42.7 Å². The van der Waals surface area contributed by atoms with Crippen molar-refractivity contribution >= 4 is 29.0 Å². The lowest BCUT2D eigenvalue weighted by Crippen LogP contribution is -2.42. The number of carboxylic acid groups (broad SMARTS) is 1. The van der Waals surface area contributed by atoms with Crippen LogP contribution in [0.25, 0.3) is 16.9 Å². The van der Waals surface area contributed by atoms with Crippen LogP contribution in [0.5, 0.6) is 0 Å². The monoisotopic (exact) mass is 525 g/mol. The van der Waals surface area contributed by atoms with E-state index in [0.29, 0.717) is 17.3 Å². The highest BCUT2D eigenvalue weighted by atomic mass is 16.4. The highest BCUT2D eigenvalue weighted by molar-refractivity contribution is 5.97. The molecule has 8 heteroatoms. The molecule has 202 valence electrons. The number of hydrogen-bond acceptors (Lipinski definition) is 5. The van der Waals surface area contributed by atoms with E-state index in [4.69, 9.17) is 4.98 Å². The third-order valence-corrected chi connectivity index (χ3v) is 7.38. The molecule has 39 heavy (non-hydrogen) atoms. The van der Waals surface area contributed by atoms with Crippen molar-refractivity contribution in [2.45, 2.75) is 50.6 Å². The van der Waals surface area contributed by atoms with Crippen molar-refractivity contribution in [3.63, 3.8) is 0 Å². The standard InChI is InChI=1S/C31H35N5O3/c1-35(2)25-15-13-22(14-16-25)28-29(32-24-11-7-4-8-12-24)36-18-17-23(20-27(36)34-28)30(37)33-26(31(38)39)19-21-9-5-3-6-10-21/h3,5-6,9-10,13-18,20,24,26,32H,4,7-8,11-12,19H2,1-2H3,(H,33,37)(H,38,39). The first-order valence-corrected chi connectivity index (χ1v) is 13.5. The van der Waals surface area contributed by atoms with Crippen molar-refractivity contribution in [3.05, 3.63) is 84.1 Å². The normalized spacial score (nSPS) is 14.6. The molecule has 0 bridgehead atoms. The van der Waals surface area contributed by atoms with E-state index < -0.39 is 17.9 Å². The van der Waals surface area contributed by atoms with Gasteiger partial charge in [-0.1, -0.05) is 61.7 Å². The number of fused-ring (bicyclic) bond motifs is 1. The first-order chi connectivity index (χ1) is 18.9. The Labute approximate surface area is 228 Å². The maximum Gasteiger partial charge on any atom is 0.326 e. The molecule has 0 aliphatic heterocycles. The Morgan fingerprint density at radius 2 is 1.74 bits per heavy atom. The topological polar surface area (TPSA) is 99.0 Å². The van der Waals surface area contributed by atoms with Crippen molar-refractivity contribution in [3.8, 4) is 11.3 Å². The van der Waals surface area contributed by atoms with E-state index in [-0.39, 0.29) is 6.42 Å². The van der Waals surface area contributed by atoms with E-state index in [1.807, 2.05) is 55.0 Å². The quantitative estimate of drug-likeness (QED) is 0.277.